The topological polar surface area (TPSA) is 94.1 Å². The number of nitrogens with one attached hydrogen (secondary N) is 1. The Labute approximate surface area is 122 Å². The Morgan fingerprint density at radius 3 is 2.24 bits per heavy atom. The fourth-order valence-corrected chi connectivity index (χ4v) is 1.77. The summed E-state index contributed by atoms with van der Waals surface area (Å²) in [5, 5.41) is 11.7. The number of esters is 1. The summed E-state index contributed by atoms with van der Waals surface area (Å²) in [5.74, 6) is -0.704. The highest BCUT2D eigenvalue weighted by Gasteiger charge is 2.26. The smallest absolute Gasteiger partial charge is 0.327 e. The van der Waals surface area contributed by atoms with Gasteiger partial charge in [-0.3, -0.25) is 10.1 Å². The normalized spacial score (nSPS) is 13.1. The molecule has 0 saturated heterocycles. The van der Waals surface area contributed by atoms with Crippen LogP contribution in [0.4, 0.5) is 0 Å². The van der Waals surface area contributed by atoms with Gasteiger partial charge in [-0.2, -0.15) is 0 Å². The lowest BCUT2D eigenvalue weighted by atomic mass is 10.1. The summed E-state index contributed by atoms with van der Waals surface area (Å²) >= 11 is 0. The van der Waals surface area contributed by atoms with Gasteiger partial charge in [0, 0.05) is 0 Å². The summed E-state index contributed by atoms with van der Waals surface area (Å²) in [4.78, 5) is 22.8. The summed E-state index contributed by atoms with van der Waals surface area (Å²) in [6.45, 7) is 1.44. The Morgan fingerprint density at radius 2 is 1.76 bits per heavy atom. The second kappa shape index (κ2) is 7.49. The molecule has 0 aliphatic carbocycles. The van der Waals surface area contributed by atoms with E-state index >= 15 is 0 Å². The number of carboxylic acid groups (broad SMARTS) is 1. The molecule has 0 radical (unpaired) electrons. The van der Waals surface area contributed by atoms with Crippen molar-refractivity contribution in [2.75, 3.05) is 21.3 Å². The van der Waals surface area contributed by atoms with Crippen LogP contribution in [0, 0.1) is 0 Å². The lowest BCUT2D eigenvalue weighted by Crippen LogP contribution is -2.40. The molecule has 2 unspecified atom stereocenters. The van der Waals surface area contributed by atoms with E-state index < -0.39 is 24.0 Å². The molecular formula is C14H19NO6. The molecule has 0 aliphatic heterocycles. The summed E-state index contributed by atoms with van der Waals surface area (Å²) in [7, 11) is 4.21. The third-order valence-electron chi connectivity index (χ3n) is 2.96. The molecule has 1 aromatic carbocycles. The van der Waals surface area contributed by atoms with Crippen molar-refractivity contribution in [3.05, 3.63) is 23.8 Å². The minimum atomic E-state index is -1.07. The van der Waals surface area contributed by atoms with Crippen LogP contribution in [-0.2, 0) is 14.3 Å². The highest BCUT2D eigenvalue weighted by molar-refractivity contribution is 5.80. The molecule has 0 aliphatic rings. The van der Waals surface area contributed by atoms with E-state index in [1.54, 1.807) is 18.2 Å². The third kappa shape index (κ3) is 4.09. The Hall–Kier alpha value is -2.28. The molecule has 7 nitrogen and oxygen atoms in total. The van der Waals surface area contributed by atoms with E-state index in [0.29, 0.717) is 17.1 Å². The number of benzene rings is 1. The number of carbonyl (C=O) groups is 2. The number of aliphatic carboxylic acids is 1. The van der Waals surface area contributed by atoms with Gasteiger partial charge in [0.15, 0.2) is 11.5 Å². The molecule has 0 aromatic heterocycles. The zero-order valence-corrected chi connectivity index (χ0v) is 12.4. The van der Waals surface area contributed by atoms with Crippen molar-refractivity contribution in [3.63, 3.8) is 0 Å². The van der Waals surface area contributed by atoms with Gasteiger partial charge < -0.3 is 19.3 Å². The predicted octanol–water partition coefficient (Wildman–Crippen LogP) is 0.981. The number of rotatable bonds is 7. The first-order valence-corrected chi connectivity index (χ1v) is 6.23. The van der Waals surface area contributed by atoms with E-state index in [-0.39, 0.29) is 0 Å². The first kappa shape index (κ1) is 16.8. The molecular weight excluding hydrogens is 278 g/mol. The van der Waals surface area contributed by atoms with Crippen LogP contribution in [0.25, 0.3) is 0 Å². The van der Waals surface area contributed by atoms with Gasteiger partial charge in [0.1, 0.15) is 12.1 Å². The van der Waals surface area contributed by atoms with Crippen LogP contribution in [-0.4, -0.2) is 44.4 Å². The fourth-order valence-electron chi connectivity index (χ4n) is 1.77. The van der Waals surface area contributed by atoms with Gasteiger partial charge in [-0.05, 0) is 24.6 Å². The Kier molecular flexibility index (Phi) is 5.98. The zero-order chi connectivity index (χ0) is 16.0. The van der Waals surface area contributed by atoms with E-state index in [0.717, 1.165) is 0 Å². The summed E-state index contributed by atoms with van der Waals surface area (Å²) < 4.78 is 15.0. The van der Waals surface area contributed by atoms with Crippen LogP contribution in [0.1, 0.15) is 18.5 Å². The Morgan fingerprint density at radius 1 is 1.14 bits per heavy atom. The molecule has 1 rings (SSSR count). The standard InChI is InChI=1S/C14H19NO6/c1-8(13(16)17)15-12(14(18)21-4)9-5-6-10(19-2)11(7-9)20-3/h5-8,12,15H,1-4H3,(H,16,17). The average molecular weight is 297 g/mol. The fraction of sp³-hybridized carbons (Fsp3) is 0.429. The summed E-state index contributed by atoms with van der Waals surface area (Å²) in [6.07, 6.45) is 0. The number of methoxy groups -OCH3 is 3. The van der Waals surface area contributed by atoms with Crippen molar-refractivity contribution in [3.8, 4) is 11.5 Å². The van der Waals surface area contributed by atoms with Crippen molar-refractivity contribution < 1.29 is 28.9 Å². The first-order chi connectivity index (χ1) is 9.94. The quantitative estimate of drug-likeness (QED) is 0.724. The maximum absolute atomic E-state index is 11.9. The van der Waals surface area contributed by atoms with Gasteiger partial charge in [0.25, 0.3) is 0 Å². The van der Waals surface area contributed by atoms with E-state index in [4.69, 9.17) is 19.3 Å². The first-order valence-electron chi connectivity index (χ1n) is 6.23. The van der Waals surface area contributed by atoms with Crippen molar-refractivity contribution in [2.45, 2.75) is 19.0 Å². The van der Waals surface area contributed by atoms with E-state index in [2.05, 4.69) is 5.32 Å². The number of hydrogen-bond donors (Lipinski definition) is 2. The molecule has 2 atom stereocenters. The molecule has 0 spiro atoms. The average Bonchev–Trinajstić information content (AvgIpc) is 2.50. The van der Waals surface area contributed by atoms with Gasteiger partial charge in [-0.25, -0.2) is 4.79 Å². The number of carboxylic acids is 1. The molecule has 7 heteroatoms. The van der Waals surface area contributed by atoms with Gasteiger partial charge in [-0.15, -0.1) is 0 Å². The molecule has 0 heterocycles. The number of carbonyl (C=O) groups excluding carboxylic acids is 1. The molecule has 2 N–H and O–H groups in total. The monoisotopic (exact) mass is 297 g/mol. The lowest BCUT2D eigenvalue weighted by Gasteiger charge is -2.20. The van der Waals surface area contributed by atoms with Gasteiger partial charge in [0.05, 0.1) is 21.3 Å². The lowest BCUT2D eigenvalue weighted by molar-refractivity contribution is -0.144. The van der Waals surface area contributed by atoms with Crippen molar-refractivity contribution in [2.24, 2.45) is 0 Å². The molecule has 0 saturated carbocycles. The maximum Gasteiger partial charge on any atom is 0.327 e. The second-order valence-electron chi connectivity index (χ2n) is 4.30. The molecule has 0 amide bonds. The van der Waals surface area contributed by atoms with Crippen molar-refractivity contribution >= 4 is 11.9 Å². The SMILES string of the molecule is COC(=O)C(NC(C)C(=O)O)c1ccc(OC)c(OC)c1. The zero-order valence-electron chi connectivity index (χ0n) is 12.4. The van der Waals surface area contributed by atoms with Crippen LogP contribution in [0.2, 0.25) is 0 Å². The van der Waals surface area contributed by atoms with E-state index in [1.165, 1.54) is 28.3 Å². The number of ether oxygens (including phenoxy) is 3. The third-order valence-corrected chi connectivity index (χ3v) is 2.96. The van der Waals surface area contributed by atoms with Crippen LogP contribution >= 0.6 is 0 Å². The summed E-state index contributed by atoms with van der Waals surface area (Å²) in [6, 6.07) is 3.05. The van der Waals surface area contributed by atoms with Crippen LogP contribution in [0.5, 0.6) is 11.5 Å². The van der Waals surface area contributed by atoms with Gasteiger partial charge >= 0.3 is 11.9 Å². The predicted molar refractivity (Wildman–Crippen MR) is 74.5 cm³/mol. The highest BCUT2D eigenvalue weighted by atomic mass is 16.5. The Bertz CT molecular complexity index is 516. The van der Waals surface area contributed by atoms with E-state index in [9.17, 15) is 9.59 Å². The minimum Gasteiger partial charge on any atom is -0.493 e. The maximum atomic E-state index is 11.9. The highest BCUT2D eigenvalue weighted by Crippen LogP contribution is 2.30. The molecule has 0 fully saturated rings. The Balaban J connectivity index is 3.14. The summed E-state index contributed by atoms with van der Waals surface area (Å²) in [5.41, 5.74) is 0.521. The largest absolute Gasteiger partial charge is 0.493 e. The van der Waals surface area contributed by atoms with Crippen molar-refractivity contribution in [1.29, 1.82) is 0 Å². The van der Waals surface area contributed by atoms with Crippen LogP contribution in [0.3, 0.4) is 0 Å². The molecule has 116 valence electrons. The van der Waals surface area contributed by atoms with Gasteiger partial charge in [-0.1, -0.05) is 6.07 Å². The minimum absolute atomic E-state index is 0.439. The van der Waals surface area contributed by atoms with E-state index in [1.807, 2.05) is 0 Å². The van der Waals surface area contributed by atoms with Gasteiger partial charge in [0.2, 0.25) is 0 Å². The molecule has 21 heavy (non-hydrogen) atoms. The van der Waals surface area contributed by atoms with Crippen LogP contribution in [0.15, 0.2) is 18.2 Å². The molecule has 0 bridgehead atoms. The molecule has 1 aromatic rings. The number of hydrogen-bond acceptors (Lipinski definition) is 6. The van der Waals surface area contributed by atoms with Crippen molar-refractivity contribution in [1.82, 2.24) is 5.32 Å². The van der Waals surface area contributed by atoms with Crippen LogP contribution < -0.4 is 14.8 Å². The second-order valence-corrected chi connectivity index (χ2v) is 4.30.